The molecule has 3 N–H and O–H groups in total. The van der Waals surface area contributed by atoms with E-state index in [2.05, 4.69) is 17.2 Å². The monoisotopic (exact) mass is 305 g/mol. The highest BCUT2D eigenvalue weighted by atomic mass is 16.2. The predicted octanol–water partition coefficient (Wildman–Crippen LogP) is -0.607. The zero-order chi connectivity index (χ0) is 15.2. The summed E-state index contributed by atoms with van der Waals surface area (Å²) in [5.74, 6) is 0.968. The molecule has 22 heavy (non-hydrogen) atoms. The minimum atomic E-state index is -0.200. The van der Waals surface area contributed by atoms with Crippen LogP contribution in [0.4, 0.5) is 0 Å². The van der Waals surface area contributed by atoms with Gasteiger partial charge in [0, 0.05) is 12.8 Å². The molecular formula is C18H31N3O+2. The summed E-state index contributed by atoms with van der Waals surface area (Å²) in [4.78, 5) is 18.8. The summed E-state index contributed by atoms with van der Waals surface area (Å²) in [6, 6.07) is 0. The van der Waals surface area contributed by atoms with Gasteiger partial charge in [0.15, 0.2) is 11.1 Å². The molecule has 1 amide bonds. The van der Waals surface area contributed by atoms with Crippen LogP contribution < -0.4 is 15.2 Å². The number of hydrogen-bond acceptors (Lipinski definition) is 1. The van der Waals surface area contributed by atoms with E-state index >= 15 is 0 Å². The van der Waals surface area contributed by atoms with Crippen molar-refractivity contribution in [1.82, 2.24) is 5.32 Å². The van der Waals surface area contributed by atoms with E-state index in [0.29, 0.717) is 11.8 Å². The Balaban J connectivity index is 1.71. The van der Waals surface area contributed by atoms with Crippen molar-refractivity contribution < 1.29 is 14.7 Å². The summed E-state index contributed by atoms with van der Waals surface area (Å²) in [5.41, 5.74) is 1.13. The van der Waals surface area contributed by atoms with Crippen LogP contribution in [0.3, 0.4) is 0 Å². The third kappa shape index (κ3) is 2.14. The first kappa shape index (κ1) is 14.7. The van der Waals surface area contributed by atoms with Crippen LogP contribution >= 0.6 is 0 Å². The summed E-state index contributed by atoms with van der Waals surface area (Å²) in [6.45, 7) is 5.72. The third-order valence-electron chi connectivity index (χ3n) is 6.64. The average Bonchev–Trinajstić information content (AvgIpc) is 2.48. The van der Waals surface area contributed by atoms with Crippen molar-refractivity contribution in [3.63, 3.8) is 0 Å². The lowest BCUT2D eigenvalue weighted by atomic mass is 9.62. The van der Waals surface area contributed by atoms with Crippen LogP contribution in [0.5, 0.6) is 0 Å². The summed E-state index contributed by atoms with van der Waals surface area (Å²) in [5, 5.41) is 3.46. The van der Waals surface area contributed by atoms with Gasteiger partial charge in [0.1, 0.15) is 6.54 Å². The highest BCUT2D eigenvalue weighted by molar-refractivity contribution is 6.09. The molecule has 4 aliphatic rings. The molecule has 2 bridgehead atoms. The number of likely N-dealkylation sites (tertiary alicyclic amines) is 1. The lowest BCUT2D eigenvalue weighted by Gasteiger charge is -2.49. The van der Waals surface area contributed by atoms with Crippen molar-refractivity contribution >= 4 is 11.6 Å². The van der Waals surface area contributed by atoms with E-state index in [4.69, 9.17) is 0 Å². The summed E-state index contributed by atoms with van der Waals surface area (Å²) in [7, 11) is 0. The maximum atomic E-state index is 13.2. The second-order valence-corrected chi connectivity index (χ2v) is 8.19. The zero-order valence-electron chi connectivity index (χ0n) is 14.0. The van der Waals surface area contributed by atoms with Gasteiger partial charge in [-0.05, 0) is 32.1 Å². The molecule has 2 aliphatic heterocycles. The fourth-order valence-electron chi connectivity index (χ4n) is 5.67. The highest BCUT2D eigenvalue weighted by Crippen LogP contribution is 2.39. The molecule has 0 aromatic carbocycles. The molecule has 2 aliphatic carbocycles. The van der Waals surface area contributed by atoms with Crippen LogP contribution in [0.2, 0.25) is 0 Å². The maximum absolute atomic E-state index is 13.2. The Bertz CT molecular complexity index is 495. The van der Waals surface area contributed by atoms with Crippen LogP contribution in [-0.2, 0) is 4.79 Å². The molecule has 0 radical (unpaired) electrons. The molecule has 4 heteroatoms. The number of hydrogen-bond donors (Lipinski definition) is 3. The number of quaternary nitrogens is 1. The quantitative estimate of drug-likeness (QED) is 0.626. The van der Waals surface area contributed by atoms with Crippen LogP contribution in [-0.4, -0.2) is 36.9 Å². The lowest BCUT2D eigenvalue weighted by molar-refractivity contribution is -0.912. The van der Waals surface area contributed by atoms with Gasteiger partial charge in [0.2, 0.25) is 11.6 Å². The van der Waals surface area contributed by atoms with Crippen LogP contribution in [0.1, 0.15) is 64.7 Å². The fraction of sp³-hybridized carbons (Fsp3) is 0.889. The van der Waals surface area contributed by atoms with Crippen molar-refractivity contribution in [1.29, 1.82) is 0 Å². The van der Waals surface area contributed by atoms with Crippen molar-refractivity contribution in [2.75, 3.05) is 19.6 Å². The largest absolute Gasteiger partial charge is 0.333 e. The minimum absolute atomic E-state index is 0.105. The number of amides is 1. The van der Waals surface area contributed by atoms with Gasteiger partial charge in [0.25, 0.3) is 0 Å². The van der Waals surface area contributed by atoms with E-state index < -0.39 is 0 Å². The summed E-state index contributed by atoms with van der Waals surface area (Å²) in [6.07, 6.45) is 10.8. The van der Waals surface area contributed by atoms with Gasteiger partial charge < -0.3 is 4.90 Å². The highest BCUT2D eigenvalue weighted by Gasteiger charge is 2.63. The molecule has 122 valence electrons. The molecule has 2 heterocycles. The molecule has 1 spiro atoms. The second-order valence-electron chi connectivity index (χ2n) is 8.19. The van der Waals surface area contributed by atoms with Gasteiger partial charge in [-0.2, -0.15) is 0 Å². The Kier molecular flexibility index (Phi) is 3.55. The SMILES string of the molecule is CCC[NH+]1C[C@H]2CCC[C@]3(C1)C(=O)NC1(CCCCC1)[NH+]=C23. The van der Waals surface area contributed by atoms with Gasteiger partial charge in [-0.3, -0.25) is 10.1 Å². The van der Waals surface area contributed by atoms with E-state index in [1.807, 2.05) is 0 Å². The number of rotatable bonds is 2. The van der Waals surface area contributed by atoms with E-state index in [9.17, 15) is 4.79 Å². The van der Waals surface area contributed by atoms with Crippen molar-refractivity contribution in [2.24, 2.45) is 11.3 Å². The Morgan fingerprint density at radius 3 is 2.82 bits per heavy atom. The maximum Gasteiger partial charge on any atom is 0.247 e. The number of nitrogens with one attached hydrogen (secondary N) is 3. The van der Waals surface area contributed by atoms with Crippen molar-refractivity contribution in [2.45, 2.75) is 70.4 Å². The Morgan fingerprint density at radius 1 is 1.23 bits per heavy atom. The Morgan fingerprint density at radius 2 is 2.05 bits per heavy atom. The molecule has 3 atom stereocenters. The average molecular weight is 305 g/mol. The molecular weight excluding hydrogens is 274 g/mol. The van der Waals surface area contributed by atoms with Crippen molar-refractivity contribution in [3.8, 4) is 0 Å². The van der Waals surface area contributed by atoms with Gasteiger partial charge >= 0.3 is 0 Å². The zero-order valence-corrected chi connectivity index (χ0v) is 14.0. The predicted molar refractivity (Wildman–Crippen MR) is 85.6 cm³/mol. The molecule has 1 unspecified atom stereocenters. The topological polar surface area (TPSA) is 47.5 Å². The van der Waals surface area contributed by atoms with E-state index in [1.54, 1.807) is 4.90 Å². The molecule has 4 nitrogen and oxygen atoms in total. The first-order valence-electron chi connectivity index (χ1n) is 9.49. The first-order valence-corrected chi connectivity index (χ1v) is 9.49. The van der Waals surface area contributed by atoms with Gasteiger partial charge in [-0.25, -0.2) is 4.99 Å². The van der Waals surface area contributed by atoms with Gasteiger partial charge in [-0.1, -0.05) is 19.8 Å². The molecule has 3 fully saturated rings. The van der Waals surface area contributed by atoms with Gasteiger partial charge in [0.05, 0.1) is 19.0 Å². The van der Waals surface area contributed by atoms with Crippen LogP contribution in [0, 0.1) is 11.3 Å². The first-order chi connectivity index (χ1) is 10.7. The molecule has 4 rings (SSSR count). The number of carbonyl (C=O) groups excluding carboxylic acids is 1. The lowest BCUT2D eigenvalue weighted by Crippen LogP contribution is -3.18. The standard InChI is InChI=1S/C18H29N3O/c1-2-11-21-12-14-7-6-8-17(13-21)15(14)19-18(20-16(17)22)9-4-3-5-10-18/h14H,2-13H2,1H3,(H,20,22)/p+2/t14-,17-/m1/s1. The van der Waals surface area contributed by atoms with E-state index in [0.717, 1.165) is 25.8 Å². The molecule has 0 aromatic rings. The molecule has 2 saturated carbocycles. The number of piperidine rings is 1. The second kappa shape index (κ2) is 5.33. The fourth-order valence-corrected chi connectivity index (χ4v) is 5.67. The summed E-state index contributed by atoms with van der Waals surface area (Å²) >= 11 is 0. The molecule has 1 saturated heterocycles. The molecule has 0 aromatic heterocycles. The normalized spacial score (nSPS) is 39.9. The van der Waals surface area contributed by atoms with Crippen LogP contribution in [0.25, 0.3) is 0 Å². The van der Waals surface area contributed by atoms with E-state index in [1.165, 1.54) is 57.3 Å². The van der Waals surface area contributed by atoms with Crippen molar-refractivity contribution in [3.05, 3.63) is 0 Å². The smallest absolute Gasteiger partial charge is 0.247 e. The Hall–Kier alpha value is -0.900. The summed E-state index contributed by atoms with van der Waals surface area (Å²) < 4.78 is 0. The van der Waals surface area contributed by atoms with Gasteiger partial charge in [-0.15, -0.1) is 0 Å². The third-order valence-corrected chi connectivity index (χ3v) is 6.64. The number of carbonyl (C=O) groups is 1. The minimum Gasteiger partial charge on any atom is -0.333 e. The van der Waals surface area contributed by atoms with Crippen LogP contribution in [0.15, 0.2) is 0 Å². The van der Waals surface area contributed by atoms with E-state index in [-0.39, 0.29) is 11.1 Å². The Labute approximate surface area is 133 Å².